The highest BCUT2D eigenvalue weighted by atomic mass is 19.4. The van der Waals surface area contributed by atoms with Crippen LogP contribution in [0.3, 0.4) is 0 Å². The third-order valence-electron chi connectivity index (χ3n) is 3.17. The summed E-state index contributed by atoms with van der Waals surface area (Å²) in [5, 5.41) is 16.9. The maximum absolute atomic E-state index is 12.3. The van der Waals surface area contributed by atoms with E-state index in [2.05, 4.69) is 25.9 Å². The molecule has 3 rings (SSSR count). The van der Waals surface area contributed by atoms with E-state index in [1.54, 1.807) is 24.3 Å². The van der Waals surface area contributed by atoms with Gasteiger partial charge in [-0.25, -0.2) is 4.68 Å². The minimum Gasteiger partial charge on any atom is -0.323 e. The molecule has 130 valence electrons. The summed E-state index contributed by atoms with van der Waals surface area (Å²) in [6.45, 7) is -1.21. The number of benzene rings is 1. The molecule has 0 saturated carbocycles. The largest absolute Gasteiger partial charge is 0.408 e. The molecule has 0 bridgehead atoms. The van der Waals surface area contributed by atoms with Crippen LogP contribution in [-0.4, -0.2) is 42.1 Å². The quantitative estimate of drug-likeness (QED) is 0.754. The number of aromatic nitrogens is 6. The SMILES string of the molecule is O=C(Cc1ccc(-n2cnnn2)cc1)Nc1cnn(CC(F)(F)F)c1. The van der Waals surface area contributed by atoms with Gasteiger partial charge in [0.1, 0.15) is 12.9 Å². The summed E-state index contributed by atoms with van der Waals surface area (Å²) < 4.78 is 39.0. The number of amides is 1. The molecule has 1 aromatic carbocycles. The first-order valence-corrected chi connectivity index (χ1v) is 7.10. The van der Waals surface area contributed by atoms with Gasteiger partial charge in [0.15, 0.2) is 0 Å². The minimum atomic E-state index is -4.37. The number of nitrogens with one attached hydrogen (secondary N) is 1. The summed E-state index contributed by atoms with van der Waals surface area (Å²) in [5.41, 5.74) is 1.68. The van der Waals surface area contributed by atoms with Gasteiger partial charge in [0.2, 0.25) is 5.91 Å². The Bertz CT molecular complexity index is 840. The Morgan fingerprint density at radius 1 is 1.20 bits per heavy atom. The Hall–Kier alpha value is -3.24. The maximum Gasteiger partial charge on any atom is 0.408 e. The van der Waals surface area contributed by atoms with Gasteiger partial charge in [-0.3, -0.25) is 9.48 Å². The van der Waals surface area contributed by atoms with Crippen molar-refractivity contribution in [2.45, 2.75) is 19.1 Å². The number of hydrogen-bond acceptors (Lipinski definition) is 5. The summed E-state index contributed by atoms with van der Waals surface area (Å²) in [4.78, 5) is 12.0. The van der Waals surface area contributed by atoms with E-state index >= 15 is 0 Å². The molecule has 2 heterocycles. The van der Waals surface area contributed by atoms with Gasteiger partial charge in [-0.1, -0.05) is 12.1 Å². The summed E-state index contributed by atoms with van der Waals surface area (Å²) >= 11 is 0. The molecule has 0 saturated heterocycles. The first-order valence-electron chi connectivity index (χ1n) is 7.10. The molecular weight excluding hydrogens is 339 g/mol. The van der Waals surface area contributed by atoms with Gasteiger partial charge >= 0.3 is 6.18 Å². The molecule has 8 nitrogen and oxygen atoms in total. The number of hydrogen-bond donors (Lipinski definition) is 1. The van der Waals surface area contributed by atoms with Crippen LogP contribution in [0.15, 0.2) is 43.0 Å². The van der Waals surface area contributed by atoms with Crippen LogP contribution in [0.1, 0.15) is 5.56 Å². The number of alkyl halides is 3. The van der Waals surface area contributed by atoms with E-state index < -0.39 is 12.7 Å². The van der Waals surface area contributed by atoms with Crippen LogP contribution in [0.25, 0.3) is 5.69 Å². The lowest BCUT2D eigenvalue weighted by Crippen LogP contribution is -2.18. The predicted molar refractivity (Wildman–Crippen MR) is 79.8 cm³/mol. The van der Waals surface area contributed by atoms with Gasteiger partial charge in [0, 0.05) is 6.20 Å². The third kappa shape index (κ3) is 4.62. The Balaban J connectivity index is 1.57. The van der Waals surface area contributed by atoms with Gasteiger partial charge in [-0.2, -0.15) is 18.3 Å². The highest BCUT2D eigenvalue weighted by Crippen LogP contribution is 2.18. The van der Waals surface area contributed by atoms with Crippen LogP contribution >= 0.6 is 0 Å². The summed E-state index contributed by atoms with van der Waals surface area (Å²) in [5.74, 6) is -0.360. The zero-order valence-corrected chi connectivity index (χ0v) is 12.7. The molecule has 0 aliphatic heterocycles. The van der Waals surface area contributed by atoms with Crippen molar-refractivity contribution in [1.29, 1.82) is 0 Å². The van der Waals surface area contributed by atoms with Crippen molar-refractivity contribution < 1.29 is 18.0 Å². The van der Waals surface area contributed by atoms with Crippen LogP contribution in [0, 0.1) is 0 Å². The second-order valence-electron chi connectivity index (χ2n) is 5.19. The van der Waals surface area contributed by atoms with Gasteiger partial charge in [0.25, 0.3) is 0 Å². The van der Waals surface area contributed by atoms with Crippen LogP contribution in [0.2, 0.25) is 0 Å². The molecule has 1 amide bonds. The standard InChI is InChI=1S/C14H12F3N7O/c15-14(16,17)8-23-7-11(6-19-23)20-13(25)5-10-1-3-12(4-2-10)24-9-18-21-22-24/h1-4,6-7,9H,5,8H2,(H,20,25). The van der Waals surface area contributed by atoms with E-state index in [0.717, 1.165) is 22.1 Å². The van der Waals surface area contributed by atoms with Crippen LogP contribution < -0.4 is 5.32 Å². The molecule has 0 fully saturated rings. The lowest BCUT2D eigenvalue weighted by atomic mass is 10.1. The van der Waals surface area contributed by atoms with Gasteiger partial charge in [-0.15, -0.1) is 5.10 Å². The Labute approximate surface area is 139 Å². The lowest BCUT2D eigenvalue weighted by Gasteiger charge is -2.06. The molecule has 0 aliphatic carbocycles. The average molecular weight is 351 g/mol. The van der Waals surface area contributed by atoms with E-state index in [-0.39, 0.29) is 18.0 Å². The second kappa shape index (κ2) is 6.71. The van der Waals surface area contributed by atoms with Crippen molar-refractivity contribution in [3.05, 3.63) is 48.5 Å². The number of tetrazole rings is 1. The molecular formula is C14H12F3N7O. The van der Waals surface area contributed by atoms with E-state index in [0.29, 0.717) is 0 Å². The summed E-state index contributed by atoms with van der Waals surface area (Å²) in [7, 11) is 0. The molecule has 0 spiro atoms. The highest BCUT2D eigenvalue weighted by Gasteiger charge is 2.28. The zero-order valence-electron chi connectivity index (χ0n) is 12.7. The van der Waals surface area contributed by atoms with Gasteiger partial charge < -0.3 is 5.32 Å². The van der Waals surface area contributed by atoms with Crippen molar-refractivity contribution in [2.24, 2.45) is 0 Å². The predicted octanol–water partition coefficient (Wildman–Crippen LogP) is 1.60. The topological polar surface area (TPSA) is 90.5 Å². The van der Waals surface area contributed by atoms with E-state index in [4.69, 9.17) is 0 Å². The van der Waals surface area contributed by atoms with E-state index in [1.165, 1.54) is 17.2 Å². The van der Waals surface area contributed by atoms with Crippen LogP contribution in [0.5, 0.6) is 0 Å². The second-order valence-corrected chi connectivity index (χ2v) is 5.19. The number of halogens is 3. The Kier molecular flexibility index (Phi) is 4.46. The van der Waals surface area contributed by atoms with Crippen molar-refractivity contribution in [3.63, 3.8) is 0 Å². The monoisotopic (exact) mass is 351 g/mol. The van der Waals surface area contributed by atoms with Crippen LogP contribution in [-0.2, 0) is 17.8 Å². The van der Waals surface area contributed by atoms with Crippen molar-refractivity contribution >= 4 is 11.6 Å². The highest BCUT2D eigenvalue weighted by molar-refractivity contribution is 5.92. The van der Waals surface area contributed by atoms with Gasteiger partial charge in [-0.05, 0) is 28.1 Å². The van der Waals surface area contributed by atoms with Crippen LogP contribution in [0.4, 0.5) is 18.9 Å². The molecule has 0 unspecified atom stereocenters. The van der Waals surface area contributed by atoms with Crippen molar-refractivity contribution in [2.75, 3.05) is 5.32 Å². The van der Waals surface area contributed by atoms with E-state index in [9.17, 15) is 18.0 Å². The van der Waals surface area contributed by atoms with Crippen molar-refractivity contribution in [1.82, 2.24) is 30.0 Å². The summed E-state index contributed by atoms with van der Waals surface area (Å²) in [6.07, 6.45) is -0.550. The molecule has 2 aromatic heterocycles. The fourth-order valence-electron chi connectivity index (χ4n) is 2.13. The zero-order chi connectivity index (χ0) is 17.9. The molecule has 25 heavy (non-hydrogen) atoms. The van der Waals surface area contributed by atoms with E-state index in [1.807, 2.05) is 0 Å². The minimum absolute atomic E-state index is 0.0698. The van der Waals surface area contributed by atoms with Gasteiger partial charge in [0.05, 0.1) is 24.0 Å². The number of anilines is 1. The fraction of sp³-hybridized carbons (Fsp3) is 0.214. The first kappa shape index (κ1) is 16.6. The smallest absolute Gasteiger partial charge is 0.323 e. The molecule has 11 heteroatoms. The lowest BCUT2D eigenvalue weighted by molar-refractivity contribution is -0.142. The molecule has 1 N–H and O–H groups in total. The molecule has 0 radical (unpaired) electrons. The molecule has 0 atom stereocenters. The Morgan fingerprint density at radius 2 is 1.96 bits per heavy atom. The maximum atomic E-state index is 12.3. The molecule has 3 aromatic rings. The average Bonchev–Trinajstić information content (AvgIpc) is 3.18. The fourth-order valence-corrected chi connectivity index (χ4v) is 2.13. The molecule has 0 aliphatic rings. The Morgan fingerprint density at radius 3 is 2.60 bits per heavy atom. The normalized spacial score (nSPS) is 11.5. The number of nitrogens with zero attached hydrogens (tertiary/aromatic N) is 6. The number of carbonyl (C=O) groups excluding carboxylic acids is 1. The van der Waals surface area contributed by atoms with Crippen molar-refractivity contribution in [3.8, 4) is 5.69 Å². The third-order valence-corrected chi connectivity index (χ3v) is 3.17. The number of carbonyl (C=O) groups is 1. The number of rotatable bonds is 5. The first-order chi connectivity index (χ1) is 11.9. The summed E-state index contributed by atoms with van der Waals surface area (Å²) in [6, 6.07) is 6.98.